The number of hydrogen-bond acceptors (Lipinski definition) is 6. The van der Waals surface area contributed by atoms with Gasteiger partial charge in [0.15, 0.2) is 11.5 Å². The molecule has 114 valence electrons. The average molecular weight is 544 g/mol. The van der Waals surface area contributed by atoms with E-state index in [-0.39, 0.29) is 31.3 Å². The molecule has 2 aromatic carbocycles. The van der Waals surface area contributed by atoms with Gasteiger partial charge in [-0.05, 0) is 63.4 Å². The molecule has 22 heavy (non-hydrogen) atoms. The van der Waals surface area contributed by atoms with Crippen LogP contribution in [0.1, 0.15) is 10.4 Å². The molecule has 1 aliphatic rings. The van der Waals surface area contributed by atoms with Crippen LogP contribution in [0.15, 0.2) is 35.2 Å². The van der Waals surface area contributed by atoms with Crippen molar-refractivity contribution in [3.05, 3.63) is 43.0 Å². The lowest BCUT2D eigenvalue weighted by atomic mass is 10.2. The number of ether oxygens (including phenoxy) is 1. The van der Waals surface area contributed by atoms with Crippen LogP contribution in [0, 0.1) is 7.14 Å². The van der Waals surface area contributed by atoms with Crippen LogP contribution in [0.2, 0.25) is 0 Å². The Morgan fingerprint density at radius 1 is 1.14 bits per heavy atom. The molecular formula is C13H6I2O6S. The lowest BCUT2D eigenvalue weighted by Crippen LogP contribution is -2.22. The molecule has 9 heteroatoms. The fourth-order valence-corrected chi connectivity index (χ4v) is 4.43. The third kappa shape index (κ3) is 2.54. The van der Waals surface area contributed by atoms with Crippen molar-refractivity contribution in [3.8, 4) is 17.2 Å². The van der Waals surface area contributed by atoms with E-state index in [0.29, 0.717) is 3.57 Å². The largest absolute Gasteiger partial charge is 0.507 e. The highest BCUT2D eigenvalue weighted by molar-refractivity contribution is 14.1. The van der Waals surface area contributed by atoms with E-state index in [1.807, 2.05) is 0 Å². The number of fused-ring (bicyclic) bond motifs is 2. The van der Waals surface area contributed by atoms with Gasteiger partial charge in [-0.25, -0.2) is 4.79 Å². The van der Waals surface area contributed by atoms with E-state index in [4.69, 9.17) is 8.92 Å². The first-order valence-electron chi connectivity index (χ1n) is 5.78. The Hall–Kier alpha value is -1.08. The molecule has 0 radical (unpaired) electrons. The summed E-state index contributed by atoms with van der Waals surface area (Å²) in [5.74, 6) is -1.26. The lowest BCUT2D eigenvalue weighted by Gasteiger charge is -2.19. The molecule has 0 fully saturated rings. The number of aromatic hydroxyl groups is 1. The number of esters is 1. The van der Waals surface area contributed by atoms with Crippen LogP contribution in [-0.2, 0) is 10.1 Å². The maximum atomic E-state index is 12.4. The lowest BCUT2D eigenvalue weighted by molar-refractivity contribution is 0.0724. The number of carbonyl (C=O) groups is 1. The molecule has 1 N–H and O–H groups in total. The van der Waals surface area contributed by atoms with E-state index >= 15 is 0 Å². The van der Waals surface area contributed by atoms with Gasteiger partial charge in [0.2, 0.25) is 0 Å². The van der Waals surface area contributed by atoms with E-state index in [1.165, 1.54) is 24.3 Å². The zero-order chi connectivity index (χ0) is 16.1. The van der Waals surface area contributed by atoms with Crippen molar-refractivity contribution in [2.45, 2.75) is 4.90 Å². The van der Waals surface area contributed by atoms with Gasteiger partial charge in [0.05, 0.1) is 3.57 Å². The first-order valence-corrected chi connectivity index (χ1v) is 9.34. The minimum Gasteiger partial charge on any atom is -0.507 e. The molecule has 0 spiro atoms. The Bertz CT molecular complexity index is 907. The third-order valence-corrected chi connectivity index (χ3v) is 6.03. The Balaban J connectivity index is 2.33. The Labute approximate surface area is 152 Å². The maximum absolute atomic E-state index is 12.4. The van der Waals surface area contributed by atoms with Crippen LogP contribution in [0.3, 0.4) is 0 Å². The molecule has 0 saturated heterocycles. The highest BCUT2D eigenvalue weighted by atomic mass is 127. The Morgan fingerprint density at radius 2 is 1.82 bits per heavy atom. The second-order valence-electron chi connectivity index (χ2n) is 4.27. The zero-order valence-corrected chi connectivity index (χ0v) is 15.7. The fourth-order valence-electron chi connectivity index (χ4n) is 1.91. The van der Waals surface area contributed by atoms with Gasteiger partial charge >= 0.3 is 16.1 Å². The number of halogens is 2. The quantitative estimate of drug-likeness (QED) is 0.238. The molecule has 0 bridgehead atoms. The minimum atomic E-state index is -4.19. The van der Waals surface area contributed by atoms with Crippen LogP contribution in [0.4, 0.5) is 0 Å². The molecule has 0 atom stereocenters. The highest BCUT2D eigenvalue weighted by Gasteiger charge is 2.33. The first-order chi connectivity index (χ1) is 10.3. The number of benzene rings is 2. The number of rotatable bonds is 0. The summed E-state index contributed by atoms with van der Waals surface area (Å²) in [6.45, 7) is 0. The van der Waals surface area contributed by atoms with Crippen molar-refractivity contribution in [1.29, 1.82) is 0 Å². The van der Waals surface area contributed by atoms with Crippen molar-refractivity contribution >= 4 is 61.3 Å². The van der Waals surface area contributed by atoms with E-state index in [1.54, 1.807) is 51.2 Å². The number of phenols is 1. The van der Waals surface area contributed by atoms with Crippen molar-refractivity contribution in [3.63, 3.8) is 0 Å². The molecule has 0 aromatic heterocycles. The van der Waals surface area contributed by atoms with Crippen molar-refractivity contribution in [2.24, 2.45) is 0 Å². The predicted molar refractivity (Wildman–Crippen MR) is 92.8 cm³/mol. The number of carbonyl (C=O) groups excluding carboxylic acids is 1. The van der Waals surface area contributed by atoms with Gasteiger partial charge in [-0.1, -0.05) is 12.1 Å². The minimum absolute atomic E-state index is 0.0409. The summed E-state index contributed by atoms with van der Waals surface area (Å²) in [5, 5.41) is 9.83. The first kappa shape index (κ1) is 15.8. The van der Waals surface area contributed by atoms with Gasteiger partial charge in [0, 0.05) is 3.57 Å². The summed E-state index contributed by atoms with van der Waals surface area (Å²) in [4.78, 5) is 12.1. The van der Waals surface area contributed by atoms with Gasteiger partial charge in [0.25, 0.3) is 0 Å². The summed E-state index contributed by atoms with van der Waals surface area (Å²) < 4.78 is 35.5. The topological polar surface area (TPSA) is 89.9 Å². The summed E-state index contributed by atoms with van der Waals surface area (Å²) in [6, 6.07) is 7.04. The fraction of sp³-hybridized carbons (Fsp3) is 0. The monoisotopic (exact) mass is 544 g/mol. The Morgan fingerprint density at radius 3 is 2.55 bits per heavy atom. The van der Waals surface area contributed by atoms with Crippen molar-refractivity contribution in [1.82, 2.24) is 0 Å². The van der Waals surface area contributed by atoms with Gasteiger partial charge in [-0.2, -0.15) is 8.42 Å². The van der Waals surface area contributed by atoms with Crippen molar-refractivity contribution < 1.29 is 27.2 Å². The Kier molecular flexibility index (Phi) is 3.97. The zero-order valence-electron chi connectivity index (χ0n) is 10.5. The summed E-state index contributed by atoms with van der Waals surface area (Å²) >= 11 is 3.51. The second kappa shape index (κ2) is 5.53. The predicted octanol–water partition coefficient (Wildman–Crippen LogP) is 2.90. The molecule has 0 unspecified atom stereocenters. The SMILES string of the molecule is O=C1Oc2ccccc2S(=O)(=O)Oc2c(I)c(O)cc(I)c21. The molecule has 0 aliphatic carbocycles. The summed E-state index contributed by atoms with van der Waals surface area (Å²) in [5.41, 5.74) is -0.0409. The molecule has 1 aliphatic heterocycles. The molecule has 2 aromatic rings. The van der Waals surface area contributed by atoms with E-state index < -0.39 is 16.1 Å². The van der Waals surface area contributed by atoms with Gasteiger partial charge in [0.1, 0.15) is 16.2 Å². The average Bonchev–Trinajstić information content (AvgIpc) is 2.43. The highest BCUT2D eigenvalue weighted by Crippen LogP contribution is 2.41. The van der Waals surface area contributed by atoms with Crippen LogP contribution in [0.5, 0.6) is 17.2 Å². The van der Waals surface area contributed by atoms with Crippen molar-refractivity contribution in [2.75, 3.05) is 0 Å². The van der Waals surface area contributed by atoms with Gasteiger partial charge < -0.3 is 14.0 Å². The van der Waals surface area contributed by atoms with Crippen LogP contribution < -0.4 is 8.92 Å². The molecular weight excluding hydrogens is 538 g/mol. The van der Waals surface area contributed by atoms with E-state index in [0.717, 1.165) is 0 Å². The smallest absolute Gasteiger partial charge is 0.348 e. The van der Waals surface area contributed by atoms with Gasteiger partial charge in [-0.3, -0.25) is 0 Å². The molecule has 3 rings (SSSR count). The van der Waals surface area contributed by atoms with Crippen LogP contribution >= 0.6 is 45.2 Å². The molecule has 1 heterocycles. The third-order valence-electron chi connectivity index (χ3n) is 2.87. The summed E-state index contributed by atoms with van der Waals surface area (Å²) in [7, 11) is -4.19. The molecule has 0 saturated carbocycles. The molecule has 6 nitrogen and oxygen atoms in total. The van der Waals surface area contributed by atoms with E-state index in [9.17, 15) is 18.3 Å². The van der Waals surface area contributed by atoms with E-state index in [2.05, 4.69) is 0 Å². The van der Waals surface area contributed by atoms with Gasteiger partial charge in [-0.15, -0.1) is 0 Å². The summed E-state index contributed by atoms with van der Waals surface area (Å²) in [6.07, 6.45) is 0. The second-order valence-corrected chi connectivity index (χ2v) is 8.03. The van der Waals surface area contributed by atoms with Crippen LogP contribution in [-0.4, -0.2) is 19.5 Å². The normalized spacial score (nSPS) is 15.6. The number of phenolic OH excluding ortho intramolecular Hbond substituents is 1. The number of para-hydroxylation sites is 1. The standard InChI is InChI=1S/C13H6I2O6S/c14-6-5-7(16)11(15)12-10(6)13(17)20-8-3-1-2-4-9(8)22(18,19)21-12/h1-5,16H. The maximum Gasteiger partial charge on any atom is 0.348 e. The number of hydrogen-bond donors (Lipinski definition) is 1. The molecule has 0 amide bonds. The van der Waals surface area contributed by atoms with Crippen LogP contribution in [0.25, 0.3) is 0 Å².